The van der Waals surface area contributed by atoms with Crippen molar-refractivity contribution in [2.24, 2.45) is 5.92 Å². The topological polar surface area (TPSA) is 59.6 Å². The molecule has 1 saturated heterocycles. The van der Waals surface area contributed by atoms with Crippen molar-refractivity contribution in [2.45, 2.75) is 39.7 Å². The molecule has 0 saturated carbocycles. The van der Waals surface area contributed by atoms with Crippen molar-refractivity contribution in [2.75, 3.05) is 13.1 Å². The van der Waals surface area contributed by atoms with Gasteiger partial charge in [-0.2, -0.15) is 5.10 Å². The molecule has 7 heteroatoms. The van der Waals surface area contributed by atoms with E-state index < -0.39 is 0 Å². The maximum Gasteiger partial charge on any atom is 0.291 e. The Bertz CT molecular complexity index is 1000. The fraction of sp³-hybridized carbons (Fsp3) is 0.500. The predicted molar refractivity (Wildman–Crippen MR) is 99.2 cm³/mol. The van der Waals surface area contributed by atoms with Crippen LogP contribution in [0, 0.1) is 5.92 Å². The summed E-state index contributed by atoms with van der Waals surface area (Å²) in [5.74, 6) is 1.32. The summed E-state index contributed by atoms with van der Waals surface area (Å²) in [4.78, 5) is 28.4. The minimum absolute atomic E-state index is 0.0130. The Morgan fingerprint density at radius 1 is 1.44 bits per heavy atom. The second-order valence-corrected chi connectivity index (χ2v) is 7.76. The van der Waals surface area contributed by atoms with Crippen LogP contribution < -0.4 is 5.56 Å². The molecule has 0 unspecified atom stereocenters. The van der Waals surface area contributed by atoms with E-state index in [2.05, 4.69) is 12.0 Å². The molecule has 0 aromatic carbocycles. The Morgan fingerprint density at radius 2 is 2.28 bits per heavy atom. The number of nitrogens with zero attached hydrogens (tertiary/aromatic N) is 4. The second-order valence-electron chi connectivity index (χ2n) is 6.87. The number of aromatic nitrogens is 3. The quantitative estimate of drug-likeness (QED) is 0.723. The molecule has 0 spiro atoms. The Balaban J connectivity index is 1.73. The first-order chi connectivity index (χ1) is 12.1. The van der Waals surface area contributed by atoms with Crippen LogP contribution in [0.1, 0.15) is 32.5 Å². The number of amides is 1. The van der Waals surface area contributed by atoms with Crippen molar-refractivity contribution < 1.29 is 4.79 Å². The van der Waals surface area contributed by atoms with Crippen LogP contribution >= 0.6 is 11.3 Å². The van der Waals surface area contributed by atoms with Crippen molar-refractivity contribution in [3.05, 3.63) is 33.7 Å². The van der Waals surface area contributed by atoms with E-state index in [9.17, 15) is 9.59 Å². The molecule has 3 aromatic rings. The number of piperidine rings is 1. The fourth-order valence-corrected chi connectivity index (χ4v) is 4.60. The smallest absolute Gasteiger partial charge is 0.291 e. The molecule has 25 heavy (non-hydrogen) atoms. The standard InChI is InChI=1S/C18H22N4O2S/c1-3-15-19-21(11-16(23)20-7-4-5-12(2)10-20)17(24)14-9-13-6-8-25-18(13)22(14)15/h6,8-9,12H,3-5,7,10-11H2,1-2H3/t12-/m1/s1. The Kier molecular flexibility index (Phi) is 4.11. The van der Waals surface area contributed by atoms with Gasteiger partial charge in [0.15, 0.2) is 0 Å². The number of hydrogen-bond acceptors (Lipinski definition) is 4. The van der Waals surface area contributed by atoms with Gasteiger partial charge in [0, 0.05) is 24.9 Å². The summed E-state index contributed by atoms with van der Waals surface area (Å²) < 4.78 is 3.28. The number of carbonyl (C=O) groups is 1. The summed E-state index contributed by atoms with van der Waals surface area (Å²) >= 11 is 1.60. The van der Waals surface area contributed by atoms with Gasteiger partial charge in [0.1, 0.15) is 22.7 Å². The van der Waals surface area contributed by atoms with Crippen LogP contribution in [0.3, 0.4) is 0 Å². The van der Waals surface area contributed by atoms with Gasteiger partial charge < -0.3 is 4.90 Å². The number of thiophene rings is 1. The largest absolute Gasteiger partial charge is 0.341 e. The van der Waals surface area contributed by atoms with Gasteiger partial charge in [-0.05, 0) is 36.3 Å². The highest BCUT2D eigenvalue weighted by Crippen LogP contribution is 2.24. The molecule has 4 heterocycles. The van der Waals surface area contributed by atoms with E-state index in [4.69, 9.17) is 0 Å². The van der Waals surface area contributed by atoms with Crippen LogP contribution in [0.25, 0.3) is 15.7 Å². The molecule has 1 atom stereocenters. The van der Waals surface area contributed by atoms with E-state index in [0.717, 1.165) is 42.0 Å². The lowest BCUT2D eigenvalue weighted by Crippen LogP contribution is -2.43. The van der Waals surface area contributed by atoms with Gasteiger partial charge in [-0.3, -0.25) is 14.0 Å². The summed E-state index contributed by atoms with van der Waals surface area (Å²) in [5.41, 5.74) is 0.410. The molecule has 3 aromatic heterocycles. The molecule has 0 radical (unpaired) electrons. The third-order valence-corrected chi connectivity index (χ3v) is 5.88. The van der Waals surface area contributed by atoms with Crippen LogP contribution in [-0.2, 0) is 17.8 Å². The van der Waals surface area contributed by atoms with Crippen molar-refractivity contribution >= 4 is 33.0 Å². The zero-order valence-electron chi connectivity index (χ0n) is 14.6. The highest BCUT2D eigenvalue weighted by atomic mass is 32.1. The normalized spacial score (nSPS) is 18.3. The van der Waals surface area contributed by atoms with Gasteiger partial charge in [-0.1, -0.05) is 13.8 Å². The Morgan fingerprint density at radius 3 is 3.04 bits per heavy atom. The van der Waals surface area contributed by atoms with Crippen LogP contribution in [-0.4, -0.2) is 38.1 Å². The number of aryl methyl sites for hydroxylation is 1. The molecule has 0 N–H and O–H groups in total. The van der Waals surface area contributed by atoms with E-state index in [0.29, 0.717) is 17.9 Å². The van der Waals surface area contributed by atoms with E-state index >= 15 is 0 Å². The zero-order valence-corrected chi connectivity index (χ0v) is 15.4. The average molecular weight is 358 g/mol. The molecule has 1 fully saturated rings. The third kappa shape index (κ3) is 2.76. The lowest BCUT2D eigenvalue weighted by Gasteiger charge is -2.31. The molecule has 0 aliphatic carbocycles. The predicted octanol–water partition coefficient (Wildman–Crippen LogP) is 2.53. The zero-order chi connectivity index (χ0) is 17.6. The number of likely N-dealkylation sites (tertiary alicyclic amines) is 1. The van der Waals surface area contributed by atoms with Crippen LogP contribution in [0.4, 0.5) is 0 Å². The van der Waals surface area contributed by atoms with Gasteiger partial charge in [-0.15, -0.1) is 11.3 Å². The van der Waals surface area contributed by atoms with Gasteiger partial charge >= 0.3 is 0 Å². The summed E-state index contributed by atoms with van der Waals surface area (Å²) in [7, 11) is 0. The number of hydrogen-bond donors (Lipinski definition) is 0. The van der Waals surface area contributed by atoms with Gasteiger partial charge in [0.05, 0.1) is 0 Å². The highest BCUT2D eigenvalue weighted by Gasteiger charge is 2.23. The summed E-state index contributed by atoms with van der Waals surface area (Å²) in [5, 5.41) is 7.57. The number of rotatable bonds is 3. The van der Waals surface area contributed by atoms with Gasteiger partial charge in [0.2, 0.25) is 5.91 Å². The minimum atomic E-state index is -0.195. The lowest BCUT2D eigenvalue weighted by atomic mass is 10.0. The lowest BCUT2D eigenvalue weighted by molar-refractivity contribution is -0.133. The van der Waals surface area contributed by atoms with Crippen molar-refractivity contribution in [3.63, 3.8) is 0 Å². The maximum atomic E-state index is 12.9. The van der Waals surface area contributed by atoms with Crippen molar-refractivity contribution in [1.82, 2.24) is 19.1 Å². The fourth-order valence-electron chi connectivity index (χ4n) is 3.68. The van der Waals surface area contributed by atoms with Crippen molar-refractivity contribution in [1.29, 1.82) is 0 Å². The number of carbonyl (C=O) groups excluding carboxylic acids is 1. The van der Waals surface area contributed by atoms with Crippen LogP contribution in [0.2, 0.25) is 0 Å². The highest BCUT2D eigenvalue weighted by molar-refractivity contribution is 7.16. The summed E-state index contributed by atoms with van der Waals surface area (Å²) in [6, 6.07) is 3.91. The second kappa shape index (κ2) is 6.29. The molecule has 4 rings (SSSR count). The van der Waals surface area contributed by atoms with Crippen molar-refractivity contribution in [3.8, 4) is 0 Å². The van der Waals surface area contributed by atoms with E-state index in [1.165, 1.54) is 4.68 Å². The monoisotopic (exact) mass is 358 g/mol. The van der Waals surface area contributed by atoms with E-state index in [1.807, 2.05) is 33.7 Å². The third-order valence-electron chi connectivity index (χ3n) is 4.97. The summed E-state index contributed by atoms with van der Waals surface area (Å²) in [6.45, 7) is 5.76. The molecule has 6 nitrogen and oxygen atoms in total. The Hall–Kier alpha value is -2.15. The molecule has 132 valence electrons. The Labute approximate surface area is 149 Å². The van der Waals surface area contributed by atoms with E-state index in [-0.39, 0.29) is 18.0 Å². The van der Waals surface area contributed by atoms with E-state index in [1.54, 1.807) is 11.3 Å². The van der Waals surface area contributed by atoms with Gasteiger partial charge in [-0.25, -0.2) is 4.68 Å². The van der Waals surface area contributed by atoms with Crippen LogP contribution in [0.15, 0.2) is 22.3 Å². The SMILES string of the molecule is CCc1nn(CC(=O)N2CCC[C@@H](C)C2)c(=O)c2cc3ccsc3n12. The molecular weight excluding hydrogens is 336 g/mol. The molecule has 1 aliphatic heterocycles. The first kappa shape index (κ1) is 16.3. The van der Waals surface area contributed by atoms with Gasteiger partial charge in [0.25, 0.3) is 5.56 Å². The minimum Gasteiger partial charge on any atom is -0.341 e. The molecular formula is C18H22N4O2S. The summed E-state index contributed by atoms with van der Waals surface area (Å²) in [6.07, 6.45) is 2.89. The average Bonchev–Trinajstić information content (AvgIpc) is 3.19. The molecule has 1 amide bonds. The van der Waals surface area contributed by atoms with Crippen LogP contribution in [0.5, 0.6) is 0 Å². The first-order valence-corrected chi connectivity index (χ1v) is 9.73. The maximum absolute atomic E-state index is 12.9. The molecule has 0 bridgehead atoms. The first-order valence-electron chi connectivity index (χ1n) is 8.85. The molecule has 1 aliphatic rings. The number of fused-ring (bicyclic) bond motifs is 3.